The maximum Gasteiger partial charge on any atom is 0.255 e. The van der Waals surface area contributed by atoms with Gasteiger partial charge in [-0.15, -0.1) is 0 Å². The van der Waals surface area contributed by atoms with Crippen LogP contribution in [0.5, 0.6) is 5.75 Å². The average molecular weight is 464 g/mol. The van der Waals surface area contributed by atoms with E-state index >= 15 is 0 Å². The van der Waals surface area contributed by atoms with Crippen LogP contribution in [0.15, 0.2) is 54.7 Å². The van der Waals surface area contributed by atoms with Crippen molar-refractivity contribution >= 4 is 17.7 Å². The number of morpholine rings is 1. The molecule has 1 N–H and O–H groups in total. The lowest BCUT2D eigenvalue weighted by Crippen LogP contribution is -2.49. The number of hydrogen-bond donors (Lipinski definition) is 1. The third-order valence-electron chi connectivity index (χ3n) is 6.28. The molecule has 0 radical (unpaired) electrons. The van der Waals surface area contributed by atoms with E-state index in [4.69, 9.17) is 12.3 Å². The first kappa shape index (κ1) is 19.8. The lowest BCUT2D eigenvalue weighted by atomic mass is 10.0. The fourth-order valence-electron chi connectivity index (χ4n) is 4.38. The molecule has 0 spiro atoms. The maximum absolute atomic E-state index is 13.1. The Morgan fingerprint density at radius 3 is 2.76 bits per heavy atom. The molecular weight excluding hydrogens is 434 g/mol. The van der Waals surface area contributed by atoms with Gasteiger partial charge in [-0.25, -0.2) is 0 Å². The fourth-order valence-corrected chi connectivity index (χ4v) is 4.38. The molecule has 8 heteroatoms. The molecule has 5 rings (SSSR count). The predicted molar refractivity (Wildman–Crippen MR) is 124 cm³/mol. The van der Waals surface area contributed by atoms with Crippen molar-refractivity contribution in [3.05, 3.63) is 77.0 Å². The van der Waals surface area contributed by atoms with Gasteiger partial charge in [-0.2, -0.15) is 0 Å². The van der Waals surface area contributed by atoms with Gasteiger partial charge in [0.1, 0.15) is 25.0 Å². The van der Waals surface area contributed by atoms with E-state index < -0.39 is 17.8 Å². The molecule has 0 bridgehead atoms. The molecule has 2 aromatic rings. The highest BCUT2D eigenvalue weighted by atomic mass is 16.5. The van der Waals surface area contributed by atoms with Crippen LogP contribution in [0.4, 0.5) is 0 Å². The molecular formula is C26H27N3O5. The number of ether oxygens (including phenoxy) is 2. The third-order valence-corrected chi connectivity index (χ3v) is 6.28. The van der Waals surface area contributed by atoms with Crippen LogP contribution in [-0.2, 0) is 34.0 Å². The molecule has 0 saturated carbocycles. The van der Waals surface area contributed by atoms with Crippen molar-refractivity contribution in [3.8, 4) is 5.75 Å². The molecule has 3 heterocycles. The summed E-state index contributed by atoms with van der Waals surface area (Å²) in [4.78, 5) is 40.8. The summed E-state index contributed by atoms with van der Waals surface area (Å²) in [6, 6.07) is 11.1. The Kier molecular flexibility index (Phi) is 5.42. The third kappa shape index (κ3) is 4.41. The van der Waals surface area contributed by atoms with Crippen molar-refractivity contribution < 1.29 is 26.6 Å². The summed E-state index contributed by atoms with van der Waals surface area (Å²) < 4.78 is 27.9. The van der Waals surface area contributed by atoms with Gasteiger partial charge < -0.3 is 24.6 Å². The minimum Gasteiger partial charge on any atom is -0.489 e. The van der Waals surface area contributed by atoms with E-state index in [9.17, 15) is 14.4 Å². The second-order valence-electron chi connectivity index (χ2n) is 8.58. The Morgan fingerprint density at radius 1 is 1.18 bits per heavy atom. The van der Waals surface area contributed by atoms with Crippen molar-refractivity contribution in [2.75, 3.05) is 19.8 Å². The quantitative estimate of drug-likeness (QED) is 0.711. The van der Waals surface area contributed by atoms with Gasteiger partial charge >= 0.3 is 0 Å². The van der Waals surface area contributed by atoms with Gasteiger partial charge in [-0.05, 0) is 36.1 Å². The maximum atomic E-state index is 13.1. The lowest BCUT2D eigenvalue weighted by molar-refractivity contribution is -0.143. The molecule has 176 valence electrons. The molecule has 0 aliphatic carbocycles. The van der Waals surface area contributed by atoms with Crippen molar-refractivity contribution in [3.63, 3.8) is 0 Å². The van der Waals surface area contributed by atoms with E-state index in [1.54, 1.807) is 23.1 Å². The molecule has 8 nitrogen and oxygen atoms in total. The number of rotatable bonds is 6. The number of benzene rings is 2. The summed E-state index contributed by atoms with van der Waals surface area (Å²) >= 11 is 0. The Balaban J connectivity index is 1.27. The van der Waals surface area contributed by atoms with E-state index in [1.165, 1.54) is 4.90 Å². The number of carbonyl (C=O) groups excluding carboxylic acids is 3. The molecule has 2 aromatic carbocycles. The van der Waals surface area contributed by atoms with Crippen molar-refractivity contribution in [2.24, 2.45) is 0 Å². The molecule has 1 atom stereocenters. The summed E-state index contributed by atoms with van der Waals surface area (Å²) in [5.41, 5.74) is 3.29. The van der Waals surface area contributed by atoms with Gasteiger partial charge in [0.2, 0.25) is 11.8 Å². The van der Waals surface area contributed by atoms with Crippen molar-refractivity contribution in [2.45, 2.75) is 38.6 Å². The molecule has 3 aliphatic rings. The standard InChI is InChI=1S/C26H27N3O5/c1-17-5-10-22(25(31)27-17)29-14-21-20(26(29)32)3-2-4-23(21)34-15-19-8-6-18(7-9-19)13-28-11-12-33-16-24(28)30/h2-4,6-9,22H,1,5,10-16H2,(H,27,31)/i22D/hD. The Labute approximate surface area is 201 Å². The highest BCUT2D eigenvalue weighted by Crippen LogP contribution is 2.34. The van der Waals surface area contributed by atoms with Crippen molar-refractivity contribution in [1.29, 1.82) is 0 Å². The van der Waals surface area contributed by atoms with Crippen LogP contribution in [0.1, 0.15) is 41.3 Å². The Hall–Kier alpha value is -3.65. The number of carbonyl (C=O) groups is 3. The highest BCUT2D eigenvalue weighted by Gasteiger charge is 2.39. The SMILES string of the molecule is [2H]N1C(=C)CCC([2H])(N2Cc3c(OCc4ccc(CN5CCOCC5=O)cc4)cccc3C2=O)C1=O. The number of nitrogens with zero attached hydrogens (tertiary/aromatic N) is 2. The Morgan fingerprint density at radius 2 is 1.97 bits per heavy atom. The van der Waals surface area contributed by atoms with Gasteiger partial charge in [0.15, 0.2) is 1.41 Å². The van der Waals surface area contributed by atoms with Crippen LogP contribution in [0.3, 0.4) is 0 Å². The van der Waals surface area contributed by atoms with E-state index in [0.717, 1.165) is 11.1 Å². The molecule has 3 amide bonds. The second-order valence-corrected chi connectivity index (χ2v) is 8.58. The van der Waals surface area contributed by atoms with E-state index in [0.29, 0.717) is 47.6 Å². The topological polar surface area (TPSA) is 88.2 Å². The van der Waals surface area contributed by atoms with Crippen LogP contribution >= 0.6 is 0 Å². The molecule has 2 fully saturated rings. The summed E-state index contributed by atoms with van der Waals surface area (Å²) in [5, 5.41) is 0.628. The minimum absolute atomic E-state index is 0.0139. The van der Waals surface area contributed by atoms with E-state index in [1.807, 2.05) is 24.3 Å². The summed E-state index contributed by atoms with van der Waals surface area (Å²) in [7, 11) is 0. The van der Waals surface area contributed by atoms with Gasteiger partial charge in [0.25, 0.3) is 5.91 Å². The average Bonchev–Trinajstić information content (AvgIpc) is 3.24. The van der Waals surface area contributed by atoms with Crippen LogP contribution in [0, 0.1) is 0 Å². The summed E-state index contributed by atoms with van der Waals surface area (Å²) in [6.45, 7) is 5.81. The van der Waals surface area contributed by atoms with Crippen LogP contribution in [-0.4, -0.2) is 53.3 Å². The van der Waals surface area contributed by atoms with Crippen LogP contribution in [0.2, 0.25) is 1.41 Å². The number of nitrogens with one attached hydrogen (secondary N) is 1. The van der Waals surface area contributed by atoms with Crippen LogP contribution < -0.4 is 10.0 Å². The van der Waals surface area contributed by atoms with Crippen molar-refractivity contribution in [1.82, 2.24) is 15.1 Å². The summed E-state index contributed by atoms with van der Waals surface area (Å²) in [5.74, 6) is -0.687. The van der Waals surface area contributed by atoms with Crippen LogP contribution in [0.25, 0.3) is 0 Å². The van der Waals surface area contributed by atoms with Gasteiger partial charge in [-0.1, -0.05) is 36.9 Å². The predicted octanol–water partition coefficient (Wildman–Crippen LogP) is 2.37. The lowest BCUT2D eigenvalue weighted by Gasteiger charge is -2.31. The largest absolute Gasteiger partial charge is 0.489 e. The second kappa shape index (κ2) is 9.30. The zero-order valence-electron chi connectivity index (χ0n) is 20.8. The zero-order valence-corrected chi connectivity index (χ0v) is 18.8. The number of fused-ring (bicyclic) bond motifs is 1. The van der Waals surface area contributed by atoms with E-state index in [-0.39, 0.29) is 38.5 Å². The first-order valence-corrected chi connectivity index (χ1v) is 11.3. The molecule has 34 heavy (non-hydrogen) atoms. The Bertz CT molecular complexity index is 1230. The minimum atomic E-state index is -1.85. The van der Waals surface area contributed by atoms with Gasteiger partial charge in [0, 0.05) is 29.9 Å². The van der Waals surface area contributed by atoms with Gasteiger partial charge in [-0.3, -0.25) is 14.4 Å². The monoisotopic (exact) mass is 463 g/mol. The number of amides is 3. The molecule has 1 unspecified atom stereocenters. The normalized spacial score (nSPS) is 23.7. The summed E-state index contributed by atoms with van der Waals surface area (Å²) in [6.07, 6.45) is 0.385. The first-order valence-electron chi connectivity index (χ1n) is 12.2. The number of hydrogen-bond acceptors (Lipinski definition) is 5. The highest BCUT2D eigenvalue weighted by molar-refractivity contribution is 6.02. The number of allylic oxidation sites excluding steroid dienone is 1. The van der Waals surface area contributed by atoms with Gasteiger partial charge in [0.05, 0.1) is 14.5 Å². The van der Waals surface area contributed by atoms with E-state index in [2.05, 4.69) is 6.58 Å². The molecule has 2 saturated heterocycles. The zero-order chi connectivity index (χ0) is 25.4. The fraction of sp³-hybridized carbons (Fsp3) is 0.346. The first-order chi connectivity index (χ1) is 17.3. The molecule has 3 aliphatic heterocycles. The number of piperidine rings is 1. The molecule has 0 aromatic heterocycles. The smallest absolute Gasteiger partial charge is 0.255 e.